The van der Waals surface area contributed by atoms with Crippen LogP contribution in [0.3, 0.4) is 0 Å². The summed E-state index contributed by atoms with van der Waals surface area (Å²) in [7, 11) is -3.42. The molecule has 1 aromatic carbocycles. The minimum atomic E-state index is -3.42. The summed E-state index contributed by atoms with van der Waals surface area (Å²) in [5, 5.41) is 17.7. The van der Waals surface area contributed by atoms with E-state index >= 15 is 0 Å². The van der Waals surface area contributed by atoms with Crippen LogP contribution in [-0.2, 0) is 14.6 Å². The molecule has 0 heterocycles. The van der Waals surface area contributed by atoms with E-state index in [4.69, 9.17) is 9.90 Å². The van der Waals surface area contributed by atoms with E-state index in [2.05, 4.69) is 0 Å². The van der Waals surface area contributed by atoms with Gasteiger partial charge in [-0.05, 0) is 31.6 Å². The topological polar surface area (TPSA) is 91.7 Å². The lowest BCUT2D eigenvalue weighted by molar-refractivity contribution is -0.134. The van der Waals surface area contributed by atoms with Crippen molar-refractivity contribution in [1.82, 2.24) is 0 Å². The molecule has 112 valence electrons. The standard InChI is InChI=1S/C12H16O3S.C2H4O2/c1-3-11(13)8-9-16(14,15)12-6-4-10(2)5-7-12;1-2(3)4/h4-9,11,13H,3H2,1-2H3;1H3,(H,3,4). The second-order valence-electron chi connectivity index (χ2n) is 4.18. The SMILES string of the molecule is CC(=O)O.CCC(O)C=CS(=O)(=O)c1ccc(C)cc1. The van der Waals surface area contributed by atoms with Gasteiger partial charge in [-0.3, -0.25) is 4.79 Å². The third kappa shape index (κ3) is 7.70. The first kappa shape index (κ1) is 18.3. The predicted octanol–water partition coefficient (Wildman–Crippen LogP) is 2.14. The van der Waals surface area contributed by atoms with Crippen LogP contribution in [0.25, 0.3) is 0 Å². The lowest BCUT2D eigenvalue weighted by Crippen LogP contribution is -2.02. The van der Waals surface area contributed by atoms with E-state index in [-0.39, 0.29) is 4.90 Å². The molecule has 0 bridgehead atoms. The van der Waals surface area contributed by atoms with E-state index in [0.717, 1.165) is 17.9 Å². The first-order valence-electron chi connectivity index (χ1n) is 6.06. The molecule has 0 saturated heterocycles. The number of sulfone groups is 1. The Morgan fingerprint density at radius 1 is 1.30 bits per heavy atom. The zero-order valence-corrected chi connectivity index (χ0v) is 12.6. The van der Waals surface area contributed by atoms with Crippen LogP contribution in [0.2, 0.25) is 0 Å². The molecule has 0 aliphatic carbocycles. The number of aliphatic hydroxyl groups excluding tert-OH is 1. The first-order valence-corrected chi connectivity index (χ1v) is 7.61. The molecule has 0 spiro atoms. The molecule has 1 atom stereocenters. The first-order chi connectivity index (χ1) is 9.19. The summed E-state index contributed by atoms with van der Waals surface area (Å²) in [4.78, 5) is 9.25. The van der Waals surface area contributed by atoms with Gasteiger partial charge in [0.25, 0.3) is 5.97 Å². The second kappa shape index (κ2) is 8.50. The molecule has 0 saturated carbocycles. The van der Waals surface area contributed by atoms with E-state index in [9.17, 15) is 13.5 Å². The van der Waals surface area contributed by atoms with Crippen molar-refractivity contribution in [3.63, 3.8) is 0 Å². The maximum atomic E-state index is 11.8. The molecule has 0 aliphatic rings. The molecule has 0 fully saturated rings. The summed E-state index contributed by atoms with van der Waals surface area (Å²) >= 11 is 0. The summed E-state index contributed by atoms with van der Waals surface area (Å²) < 4.78 is 23.5. The van der Waals surface area contributed by atoms with Crippen molar-refractivity contribution in [2.75, 3.05) is 0 Å². The van der Waals surface area contributed by atoms with Gasteiger partial charge in [0, 0.05) is 12.3 Å². The Morgan fingerprint density at radius 2 is 1.75 bits per heavy atom. The average Bonchev–Trinajstić information content (AvgIpc) is 2.36. The van der Waals surface area contributed by atoms with E-state index in [1.807, 2.05) is 6.92 Å². The number of hydrogen-bond donors (Lipinski definition) is 2. The number of carbonyl (C=O) groups is 1. The van der Waals surface area contributed by atoms with Gasteiger partial charge in [-0.2, -0.15) is 0 Å². The van der Waals surface area contributed by atoms with Crippen LogP contribution in [0.5, 0.6) is 0 Å². The number of aryl methyl sites for hydroxylation is 1. The van der Waals surface area contributed by atoms with Gasteiger partial charge in [0.15, 0.2) is 9.84 Å². The molecule has 5 nitrogen and oxygen atoms in total. The van der Waals surface area contributed by atoms with Crippen LogP contribution >= 0.6 is 0 Å². The summed E-state index contributed by atoms with van der Waals surface area (Å²) in [5.41, 5.74) is 1.01. The average molecular weight is 300 g/mol. The number of carboxylic acids is 1. The van der Waals surface area contributed by atoms with Gasteiger partial charge in [-0.1, -0.05) is 24.6 Å². The van der Waals surface area contributed by atoms with Crippen LogP contribution in [0.4, 0.5) is 0 Å². The van der Waals surface area contributed by atoms with Gasteiger partial charge < -0.3 is 10.2 Å². The monoisotopic (exact) mass is 300 g/mol. The Labute approximate surface area is 119 Å². The molecule has 1 rings (SSSR count). The summed E-state index contributed by atoms with van der Waals surface area (Å²) in [6.45, 7) is 4.76. The molecular weight excluding hydrogens is 280 g/mol. The van der Waals surface area contributed by atoms with Crippen molar-refractivity contribution >= 4 is 15.8 Å². The Balaban J connectivity index is 0.000000796. The highest BCUT2D eigenvalue weighted by molar-refractivity contribution is 7.94. The number of rotatable bonds is 4. The fourth-order valence-electron chi connectivity index (χ4n) is 1.14. The Kier molecular flexibility index (Phi) is 7.79. The second-order valence-corrected chi connectivity index (χ2v) is 6.01. The van der Waals surface area contributed by atoms with E-state index in [1.54, 1.807) is 31.2 Å². The summed E-state index contributed by atoms with van der Waals surface area (Å²) in [5.74, 6) is -0.833. The van der Waals surface area contributed by atoms with E-state index in [0.29, 0.717) is 6.42 Å². The van der Waals surface area contributed by atoms with Crippen molar-refractivity contribution in [3.05, 3.63) is 41.3 Å². The van der Waals surface area contributed by atoms with Gasteiger partial charge in [-0.25, -0.2) is 8.42 Å². The molecule has 2 N–H and O–H groups in total. The molecule has 0 radical (unpaired) electrons. The lowest BCUT2D eigenvalue weighted by atomic mass is 10.2. The Bertz CT molecular complexity index is 539. The largest absolute Gasteiger partial charge is 0.481 e. The fraction of sp³-hybridized carbons (Fsp3) is 0.357. The van der Waals surface area contributed by atoms with Crippen LogP contribution in [0.1, 0.15) is 25.8 Å². The number of hydrogen-bond acceptors (Lipinski definition) is 4. The summed E-state index contributed by atoms with van der Waals surface area (Å²) in [6.07, 6.45) is 1.09. The fourth-order valence-corrected chi connectivity index (χ4v) is 2.20. The van der Waals surface area contributed by atoms with Crippen LogP contribution in [0.15, 0.2) is 40.6 Å². The maximum Gasteiger partial charge on any atom is 0.300 e. The Morgan fingerprint density at radius 3 is 2.15 bits per heavy atom. The molecular formula is C14H20O5S. The normalized spacial score (nSPS) is 12.6. The maximum absolute atomic E-state index is 11.8. The minimum Gasteiger partial charge on any atom is -0.481 e. The molecule has 0 amide bonds. The van der Waals surface area contributed by atoms with E-state index < -0.39 is 21.9 Å². The lowest BCUT2D eigenvalue weighted by Gasteiger charge is -2.01. The van der Waals surface area contributed by atoms with Gasteiger partial charge in [0.05, 0.1) is 11.0 Å². The van der Waals surface area contributed by atoms with Crippen LogP contribution in [0, 0.1) is 6.92 Å². The van der Waals surface area contributed by atoms with Gasteiger partial charge in [-0.15, -0.1) is 0 Å². The molecule has 1 unspecified atom stereocenters. The van der Waals surface area contributed by atoms with Crippen LogP contribution < -0.4 is 0 Å². The number of carboxylic acid groups (broad SMARTS) is 1. The van der Waals surface area contributed by atoms with Crippen molar-refractivity contribution in [3.8, 4) is 0 Å². The van der Waals surface area contributed by atoms with Gasteiger partial charge >= 0.3 is 0 Å². The highest BCUT2D eigenvalue weighted by atomic mass is 32.2. The molecule has 20 heavy (non-hydrogen) atoms. The molecule has 1 aromatic rings. The minimum absolute atomic E-state index is 0.248. The third-order valence-electron chi connectivity index (χ3n) is 2.25. The summed E-state index contributed by atoms with van der Waals surface area (Å²) in [6, 6.07) is 6.62. The highest BCUT2D eigenvalue weighted by Crippen LogP contribution is 2.13. The molecule has 0 aromatic heterocycles. The van der Waals surface area contributed by atoms with Crippen molar-refractivity contribution < 1.29 is 23.4 Å². The molecule has 6 heteroatoms. The Hall–Kier alpha value is -1.66. The molecule has 0 aliphatic heterocycles. The zero-order valence-electron chi connectivity index (χ0n) is 11.8. The number of aliphatic carboxylic acids is 1. The zero-order chi connectivity index (χ0) is 15.8. The highest BCUT2D eigenvalue weighted by Gasteiger charge is 2.09. The smallest absolute Gasteiger partial charge is 0.300 e. The van der Waals surface area contributed by atoms with Gasteiger partial charge in [0.2, 0.25) is 0 Å². The van der Waals surface area contributed by atoms with Crippen LogP contribution in [-0.4, -0.2) is 30.7 Å². The number of aliphatic hydroxyl groups is 1. The number of benzene rings is 1. The predicted molar refractivity (Wildman–Crippen MR) is 77.1 cm³/mol. The third-order valence-corrected chi connectivity index (χ3v) is 3.69. The van der Waals surface area contributed by atoms with Crippen molar-refractivity contribution in [2.45, 2.75) is 38.2 Å². The van der Waals surface area contributed by atoms with Crippen molar-refractivity contribution in [1.29, 1.82) is 0 Å². The quantitative estimate of drug-likeness (QED) is 0.889. The van der Waals surface area contributed by atoms with Crippen molar-refractivity contribution in [2.24, 2.45) is 0 Å². The van der Waals surface area contributed by atoms with E-state index in [1.165, 1.54) is 6.08 Å². The van der Waals surface area contributed by atoms with Gasteiger partial charge in [0.1, 0.15) is 0 Å².